The molecule has 0 spiro atoms. The maximum absolute atomic E-state index is 9.26. The quantitative estimate of drug-likeness (QED) is 0.794. The van der Waals surface area contributed by atoms with Gasteiger partial charge in [-0.25, -0.2) is 0 Å². The molecule has 1 saturated heterocycles. The predicted molar refractivity (Wildman–Crippen MR) is 64.8 cm³/mol. The molecule has 0 radical (unpaired) electrons. The van der Waals surface area contributed by atoms with Gasteiger partial charge in [0.2, 0.25) is 5.89 Å². The van der Waals surface area contributed by atoms with E-state index in [1.54, 1.807) is 11.8 Å². The Hall–Kier alpha value is -0.590. The highest BCUT2D eigenvalue weighted by molar-refractivity contribution is 7.98. The number of aryl methyl sites for hydroxylation is 1. The number of rotatable bonds is 7. The molecule has 2 heterocycles. The van der Waals surface area contributed by atoms with Crippen molar-refractivity contribution in [2.75, 3.05) is 25.6 Å². The van der Waals surface area contributed by atoms with Gasteiger partial charge >= 0.3 is 0 Å². The van der Waals surface area contributed by atoms with E-state index in [1.165, 1.54) is 0 Å². The second-order valence-corrected chi connectivity index (χ2v) is 5.48. The summed E-state index contributed by atoms with van der Waals surface area (Å²) in [5.74, 6) is 3.03. The van der Waals surface area contributed by atoms with E-state index in [0.717, 1.165) is 24.4 Å². The summed E-state index contributed by atoms with van der Waals surface area (Å²) in [5, 5.41) is 13.2. The number of aromatic nitrogens is 2. The monoisotopic (exact) mass is 258 g/mol. The van der Waals surface area contributed by atoms with E-state index in [2.05, 4.69) is 17.1 Å². The Bertz CT molecular complexity index is 347. The molecule has 0 unspecified atom stereocenters. The van der Waals surface area contributed by atoms with Crippen molar-refractivity contribution in [3.05, 3.63) is 11.7 Å². The van der Waals surface area contributed by atoms with E-state index in [-0.39, 0.29) is 12.0 Å². The number of thioether (sulfide) groups is 1. The molecule has 0 bridgehead atoms. The standard InChI is InChI=1S/C11H18N2O3S/c1-2-3-9-12-10(16-13-9)4-17-8-11(5-14)6-15-7-11/h14H,2-8H2,1H3. The van der Waals surface area contributed by atoms with Gasteiger partial charge in [0, 0.05) is 17.6 Å². The Balaban J connectivity index is 1.73. The van der Waals surface area contributed by atoms with Gasteiger partial charge in [0.05, 0.1) is 25.6 Å². The summed E-state index contributed by atoms with van der Waals surface area (Å²) in [6.45, 7) is 3.58. The molecule has 0 aromatic carbocycles. The summed E-state index contributed by atoms with van der Waals surface area (Å²) in [6, 6.07) is 0. The number of hydrogen-bond donors (Lipinski definition) is 1. The Labute approximate surface area is 105 Å². The lowest BCUT2D eigenvalue weighted by Gasteiger charge is -2.39. The largest absolute Gasteiger partial charge is 0.396 e. The van der Waals surface area contributed by atoms with Crippen LogP contribution in [0.5, 0.6) is 0 Å². The van der Waals surface area contributed by atoms with Crippen LogP contribution in [0.3, 0.4) is 0 Å². The number of aliphatic hydroxyl groups excluding tert-OH is 1. The molecule has 1 N–H and O–H groups in total. The molecule has 1 aromatic rings. The van der Waals surface area contributed by atoms with Crippen LogP contribution in [0.4, 0.5) is 0 Å². The molecule has 6 heteroatoms. The van der Waals surface area contributed by atoms with E-state index in [0.29, 0.717) is 24.9 Å². The zero-order valence-electron chi connectivity index (χ0n) is 10.0. The first-order chi connectivity index (χ1) is 8.28. The molecule has 1 aliphatic rings. The minimum absolute atomic E-state index is 0.0447. The molecule has 1 fully saturated rings. The fourth-order valence-corrected chi connectivity index (χ4v) is 2.72. The predicted octanol–water partition coefficient (Wildman–Crippen LogP) is 1.26. The second-order valence-electron chi connectivity index (χ2n) is 4.50. The summed E-state index contributed by atoms with van der Waals surface area (Å²) in [5.41, 5.74) is -0.0447. The average Bonchev–Trinajstić information content (AvgIpc) is 2.71. The topological polar surface area (TPSA) is 68.4 Å². The van der Waals surface area contributed by atoms with Crippen LogP contribution in [0.25, 0.3) is 0 Å². The zero-order valence-corrected chi connectivity index (χ0v) is 10.8. The third-order valence-electron chi connectivity index (χ3n) is 2.77. The minimum Gasteiger partial charge on any atom is -0.396 e. The first-order valence-electron chi connectivity index (χ1n) is 5.86. The summed E-state index contributed by atoms with van der Waals surface area (Å²) in [4.78, 5) is 4.30. The van der Waals surface area contributed by atoms with Crippen LogP contribution in [-0.4, -0.2) is 40.8 Å². The molecule has 17 heavy (non-hydrogen) atoms. The molecule has 2 rings (SSSR count). The van der Waals surface area contributed by atoms with E-state index in [9.17, 15) is 5.11 Å². The van der Waals surface area contributed by atoms with Gasteiger partial charge in [-0.15, -0.1) is 0 Å². The number of ether oxygens (including phenoxy) is 1. The van der Waals surface area contributed by atoms with Crippen molar-refractivity contribution in [1.82, 2.24) is 10.1 Å². The summed E-state index contributed by atoms with van der Waals surface area (Å²) < 4.78 is 10.3. The smallest absolute Gasteiger partial charge is 0.236 e. The molecule has 0 aliphatic carbocycles. The van der Waals surface area contributed by atoms with Gasteiger partial charge in [-0.3, -0.25) is 0 Å². The third kappa shape index (κ3) is 3.20. The van der Waals surface area contributed by atoms with Crippen LogP contribution in [0.1, 0.15) is 25.1 Å². The number of nitrogens with zero attached hydrogens (tertiary/aromatic N) is 2. The molecule has 0 atom stereocenters. The Kier molecular flexibility index (Phi) is 4.42. The van der Waals surface area contributed by atoms with Crippen molar-refractivity contribution in [1.29, 1.82) is 0 Å². The van der Waals surface area contributed by atoms with Gasteiger partial charge in [-0.2, -0.15) is 16.7 Å². The highest BCUT2D eigenvalue weighted by Crippen LogP contribution is 2.31. The Morgan fingerprint density at radius 2 is 2.29 bits per heavy atom. The van der Waals surface area contributed by atoms with Crippen molar-refractivity contribution < 1.29 is 14.4 Å². The van der Waals surface area contributed by atoms with E-state index < -0.39 is 0 Å². The second kappa shape index (κ2) is 5.84. The van der Waals surface area contributed by atoms with Crippen LogP contribution in [0.2, 0.25) is 0 Å². The van der Waals surface area contributed by atoms with Crippen molar-refractivity contribution >= 4 is 11.8 Å². The molecule has 1 aliphatic heterocycles. The third-order valence-corrected chi connectivity index (χ3v) is 4.04. The highest BCUT2D eigenvalue weighted by atomic mass is 32.2. The van der Waals surface area contributed by atoms with Crippen LogP contribution in [0, 0.1) is 5.41 Å². The molecular formula is C11H18N2O3S. The lowest BCUT2D eigenvalue weighted by Crippen LogP contribution is -2.47. The molecule has 5 nitrogen and oxygen atoms in total. The van der Waals surface area contributed by atoms with Crippen molar-refractivity contribution in [3.8, 4) is 0 Å². The maximum atomic E-state index is 9.26. The molecular weight excluding hydrogens is 240 g/mol. The van der Waals surface area contributed by atoms with Crippen molar-refractivity contribution in [3.63, 3.8) is 0 Å². The van der Waals surface area contributed by atoms with Gasteiger partial charge in [0.15, 0.2) is 5.82 Å². The highest BCUT2D eigenvalue weighted by Gasteiger charge is 2.37. The minimum atomic E-state index is -0.0447. The van der Waals surface area contributed by atoms with Gasteiger partial charge in [0.25, 0.3) is 0 Å². The van der Waals surface area contributed by atoms with E-state index in [1.807, 2.05) is 0 Å². The normalized spacial score (nSPS) is 18.0. The van der Waals surface area contributed by atoms with Crippen molar-refractivity contribution in [2.45, 2.75) is 25.5 Å². The van der Waals surface area contributed by atoms with Crippen LogP contribution in [0.15, 0.2) is 4.52 Å². The molecule has 1 aromatic heterocycles. The van der Waals surface area contributed by atoms with Gasteiger partial charge in [0.1, 0.15) is 0 Å². The SMILES string of the molecule is CCCc1noc(CSCC2(CO)COC2)n1. The average molecular weight is 258 g/mol. The van der Waals surface area contributed by atoms with E-state index in [4.69, 9.17) is 9.26 Å². The van der Waals surface area contributed by atoms with Gasteiger partial charge < -0.3 is 14.4 Å². The van der Waals surface area contributed by atoms with Gasteiger partial charge in [-0.05, 0) is 6.42 Å². The zero-order chi connectivity index (χ0) is 12.1. The Morgan fingerprint density at radius 1 is 1.47 bits per heavy atom. The summed E-state index contributed by atoms with van der Waals surface area (Å²) in [7, 11) is 0. The molecule has 0 saturated carbocycles. The fraction of sp³-hybridized carbons (Fsp3) is 0.818. The molecule has 0 amide bonds. The van der Waals surface area contributed by atoms with Crippen molar-refractivity contribution in [2.24, 2.45) is 5.41 Å². The van der Waals surface area contributed by atoms with Crippen LogP contribution >= 0.6 is 11.8 Å². The summed E-state index contributed by atoms with van der Waals surface area (Å²) >= 11 is 1.71. The number of hydrogen-bond acceptors (Lipinski definition) is 6. The molecule has 96 valence electrons. The number of aliphatic hydroxyl groups is 1. The van der Waals surface area contributed by atoms with Gasteiger partial charge in [-0.1, -0.05) is 12.1 Å². The lowest BCUT2D eigenvalue weighted by molar-refractivity contribution is -0.121. The summed E-state index contributed by atoms with van der Waals surface area (Å²) in [6.07, 6.45) is 1.89. The Morgan fingerprint density at radius 3 is 2.88 bits per heavy atom. The van der Waals surface area contributed by atoms with Crippen LogP contribution < -0.4 is 0 Å². The van der Waals surface area contributed by atoms with Crippen LogP contribution in [-0.2, 0) is 16.9 Å². The van der Waals surface area contributed by atoms with E-state index >= 15 is 0 Å². The lowest BCUT2D eigenvalue weighted by atomic mass is 9.90. The first-order valence-corrected chi connectivity index (χ1v) is 7.01. The maximum Gasteiger partial charge on any atom is 0.236 e. The fourth-order valence-electron chi connectivity index (χ4n) is 1.64. The first kappa shape index (κ1) is 12.9.